The monoisotopic (exact) mass is 314 g/mol. The minimum absolute atomic E-state index is 0.265. The Morgan fingerprint density at radius 1 is 1.14 bits per heavy atom. The summed E-state index contributed by atoms with van der Waals surface area (Å²) in [5.41, 5.74) is 2.45. The number of thiocarbonyl (C=S) groups is 1. The van der Waals surface area contributed by atoms with Gasteiger partial charge >= 0.3 is 0 Å². The molecule has 4 nitrogen and oxygen atoms in total. The molecule has 3 aromatic rings. The van der Waals surface area contributed by atoms with Gasteiger partial charge in [0.15, 0.2) is 5.11 Å². The third kappa shape index (κ3) is 2.72. The van der Waals surface area contributed by atoms with Crippen molar-refractivity contribution in [1.82, 2.24) is 5.32 Å². The number of fused-ring (bicyclic) bond motifs is 3. The second kappa shape index (κ2) is 5.85. The summed E-state index contributed by atoms with van der Waals surface area (Å²) in [6.45, 7) is 4.07. The fourth-order valence-corrected chi connectivity index (χ4v) is 2.78. The molecule has 0 fully saturated rings. The number of anilines is 1. The third-order valence-electron chi connectivity index (χ3n) is 3.37. The first-order valence-corrected chi connectivity index (χ1v) is 7.56. The van der Waals surface area contributed by atoms with Crippen molar-refractivity contribution in [1.29, 1.82) is 0 Å². The predicted octanol–water partition coefficient (Wildman–Crippen LogP) is 4.29. The molecular formula is C17H18N2O2S. The number of rotatable bonds is 3. The van der Waals surface area contributed by atoms with Crippen molar-refractivity contribution in [3.8, 4) is 5.75 Å². The Morgan fingerprint density at radius 3 is 2.64 bits per heavy atom. The molecule has 1 heterocycles. The van der Waals surface area contributed by atoms with Crippen LogP contribution in [0.4, 0.5) is 5.69 Å². The molecule has 5 heteroatoms. The summed E-state index contributed by atoms with van der Waals surface area (Å²) >= 11 is 5.30. The Morgan fingerprint density at radius 2 is 1.91 bits per heavy atom. The van der Waals surface area contributed by atoms with E-state index in [1.807, 2.05) is 50.2 Å². The number of ether oxygens (including phenoxy) is 1. The Hall–Kier alpha value is -2.27. The number of nitrogens with one attached hydrogen (secondary N) is 2. The standard InChI is InChI=1S/C17H18N2O2S/c1-10(2)18-17(22)19-13-9-15-12(8-16(13)20-3)11-6-4-5-7-14(11)21-15/h4-10H,1-3H3,(H2,18,19,22). The average Bonchev–Trinajstić information content (AvgIpc) is 2.82. The normalized spacial score (nSPS) is 11.1. The lowest BCUT2D eigenvalue weighted by atomic mass is 10.1. The van der Waals surface area contributed by atoms with Gasteiger partial charge in [-0.05, 0) is 38.2 Å². The van der Waals surface area contributed by atoms with E-state index in [1.165, 1.54) is 0 Å². The summed E-state index contributed by atoms with van der Waals surface area (Å²) in [4.78, 5) is 0. The highest BCUT2D eigenvalue weighted by atomic mass is 32.1. The molecule has 2 aromatic carbocycles. The lowest BCUT2D eigenvalue weighted by Gasteiger charge is -2.15. The molecule has 0 bridgehead atoms. The molecule has 0 aliphatic carbocycles. The van der Waals surface area contributed by atoms with Crippen LogP contribution in [0.25, 0.3) is 21.9 Å². The first-order valence-electron chi connectivity index (χ1n) is 7.15. The first-order chi connectivity index (χ1) is 10.6. The molecule has 0 atom stereocenters. The van der Waals surface area contributed by atoms with Crippen molar-refractivity contribution in [2.24, 2.45) is 0 Å². The summed E-state index contributed by atoms with van der Waals surface area (Å²) in [6, 6.07) is 12.1. The highest BCUT2D eigenvalue weighted by molar-refractivity contribution is 7.80. The minimum Gasteiger partial charge on any atom is -0.495 e. The van der Waals surface area contributed by atoms with Gasteiger partial charge in [0.1, 0.15) is 16.9 Å². The maximum atomic E-state index is 5.90. The number of methoxy groups -OCH3 is 1. The fraction of sp³-hybridized carbons (Fsp3) is 0.235. The smallest absolute Gasteiger partial charge is 0.171 e. The van der Waals surface area contributed by atoms with Crippen LogP contribution in [0.2, 0.25) is 0 Å². The number of hydrogen-bond donors (Lipinski definition) is 2. The summed E-state index contributed by atoms with van der Waals surface area (Å²) in [7, 11) is 1.65. The molecule has 22 heavy (non-hydrogen) atoms. The number of furan rings is 1. The molecule has 0 spiro atoms. The maximum Gasteiger partial charge on any atom is 0.171 e. The van der Waals surface area contributed by atoms with Gasteiger partial charge in [0.25, 0.3) is 0 Å². The second-order valence-corrected chi connectivity index (χ2v) is 5.81. The number of hydrogen-bond acceptors (Lipinski definition) is 3. The number of para-hydroxylation sites is 1. The van der Waals surface area contributed by atoms with Crippen molar-refractivity contribution in [2.45, 2.75) is 19.9 Å². The molecule has 2 N–H and O–H groups in total. The van der Waals surface area contributed by atoms with Gasteiger partial charge in [-0.3, -0.25) is 0 Å². The van der Waals surface area contributed by atoms with Crippen LogP contribution in [0, 0.1) is 0 Å². The summed E-state index contributed by atoms with van der Waals surface area (Å²) < 4.78 is 11.4. The van der Waals surface area contributed by atoms with E-state index in [2.05, 4.69) is 10.6 Å². The zero-order valence-corrected chi connectivity index (χ0v) is 13.6. The highest BCUT2D eigenvalue weighted by Gasteiger charge is 2.13. The molecule has 1 aromatic heterocycles. The van der Waals surface area contributed by atoms with Gasteiger partial charge in [0.2, 0.25) is 0 Å². The quantitative estimate of drug-likeness (QED) is 0.706. The van der Waals surface area contributed by atoms with Gasteiger partial charge in [-0.25, -0.2) is 0 Å². The van der Waals surface area contributed by atoms with Gasteiger partial charge in [-0.1, -0.05) is 18.2 Å². The first kappa shape index (κ1) is 14.7. The van der Waals surface area contributed by atoms with Gasteiger partial charge < -0.3 is 19.8 Å². The van der Waals surface area contributed by atoms with Gasteiger partial charge in [0.05, 0.1) is 12.8 Å². The summed E-state index contributed by atoms with van der Waals surface area (Å²) in [5.74, 6) is 0.729. The zero-order valence-electron chi connectivity index (χ0n) is 12.8. The molecule has 0 saturated carbocycles. The van der Waals surface area contributed by atoms with Gasteiger partial charge in [-0.2, -0.15) is 0 Å². The molecule has 3 rings (SSSR count). The van der Waals surface area contributed by atoms with E-state index in [-0.39, 0.29) is 6.04 Å². The lowest BCUT2D eigenvalue weighted by molar-refractivity contribution is 0.417. The second-order valence-electron chi connectivity index (χ2n) is 5.40. The molecule has 0 saturated heterocycles. The van der Waals surface area contributed by atoms with E-state index < -0.39 is 0 Å². The predicted molar refractivity (Wildman–Crippen MR) is 94.8 cm³/mol. The van der Waals surface area contributed by atoms with Crippen LogP contribution in [0.3, 0.4) is 0 Å². The van der Waals surface area contributed by atoms with Crippen molar-refractivity contribution < 1.29 is 9.15 Å². The molecule has 0 aliphatic heterocycles. The molecule has 114 valence electrons. The zero-order chi connectivity index (χ0) is 15.7. The highest BCUT2D eigenvalue weighted by Crippen LogP contribution is 2.36. The summed E-state index contributed by atoms with van der Waals surface area (Å²) in [5, 5.41) is 8.98. The van der Waals surface area contributed by atoms with Crippen LogP contribution < -0.4 is 15.4 Å². The van der Waals surface area contributed by atoms with E-state index in [0.29, 0.717) is 5.11 Å². The summed E-state index contributed by atoms with van der Waals surface area (Å²) in [6.07, 6.45) is 0. The Bertz CT molecular complexity index is 839. The SMILES string of the molecule is COc1cc2c(cc1NC(=S)NC(C)C)oc1ccccc12. The van der Waals surface area contributed by atoms with E-state index >= 15 is 0 Å². The Balaban J connectivity index is 2.06. The topological polar surface area (TPSA) is 46.4 Å². The van der Waals surface area contributed by atoms with Gasteiger partial charge in [0, 0.05) is 22.9 Å². The van der Waals surface area contributed by atoms with Crippen LogP contribution in [-0.2, 0) is 0 Å². The molecule has 0 amide bonds. The number of benzene rings is 2. The van der Waals surface area contributed by atoms with Gasteiger partial charge in [-0.15, -0.1) is 0 Å². The molecule has 0 unspecified atom stereocenters. The Kier molecular flexibility index (Phi) is 3.90. The van der Waals surface area contributed by atoms with E-state index in [0.717, 1.165) is 33.4 Å². The third-order valence-corrected chi connectivity index (χ3v) is 3.59. The van der Waals surface area contributed by atoms with Crippen molar-refractivity contribution in [3.05, 3.63) is 36.4 Å². The van der Waals surface area contributed by atoms with E-state index in [4.69, 9.17) is 21.4 Å². The fourth-order valence-electron chi connectivity index (χ4n) is 2.44. The largest absolute Gasteiger partial charge is 0.495 e. The van der Waals surface area contributed by atoms with E-state index in [9.17, 15) is 0 Å². The van der Waals surface area contributed by atoms with Crippen molar-refractivity contribution in [2.75, 3.05) is 12.4 Å². The van der Waals surface area contributed by atoms with Crippen LogP contribution in [-0.4, -0.2) is 18.3 Å². The maximum absolute atomic E-state index is 5.90. The molecule has 0 radical (unpaired) electrons. The van der Waals surface area contributed by atoms with Crippen LogP contribution in [0.5, 0.6) is 5.75 Å². The van der Waals surface area contributed by atoms with Crippen LogP contribution in [0.1, 0.15) is 13.8 Å². The van der Waals surface area contributed by atoms with E-state index in [1.54, 1.807) is 7.11 Å². The molecular weight excluding hydrogens is 296 g/mol. The van der Waals surface area contributed by atoms with Crippen molar-refractivity contribution in [3.63, 3.8) is 0 Å². The average molecular weight is 314 g/mol. The van der Waals surface area contributed by atoms with Crippen molar-refractivity contribution >= 4 is 45.0 Å². The lowest BCUT2D eigenvalue weighted by Crippen LogP contribution is -2.33. The van der Waals surface area contributed by atoms with Crippen LogP contribution >= 0.6 is 12.2 Å². The van der Waals surface area contributed by atoms with Crippen LogP contribution in [0.15, 0.2) is 40.8 Å². The Labute approximate surface area is 134 Å². The molecule has 0 aliphatic rings. The minimum atomic E-state index is 0.265.